The summed E-state index contributed by atoms with van der Waals surface area (Å²) in [7, 11) is 0. The van der Waals surface area contributed by atoms with Crippen LogP contribution in [-0.4, -0.2) is 16.8 Å². The zero-order valence-corrected chi connectivity index (χ0v) is 12.7. The highest BCUT2D eigenvalue weighted by atomic mass is 16.2. The van der Waals surface area contributed by atoms with Crippen LogP contribution in [-0.2, 0) is 12.8 Å². The van der Waals surface area contributed by atoms with E-state index in [9.17, 15) is 9.59 Å². The monoisotopic (exact) mass is 304 g/mol. The van der Waals surface area contributed by atoms with Crippen molar-refractivity contribution in [2.24, 2.45) is 0 Å². The van der Waals surface area contributed by atoms with Crippen molar-refractivity contribution in [2.45, 2.75) is 32.1 Å². The minimum Gasteiger partial charge on any atom is -0.354 e. The van der Waals surface area contributed by atoms with Gasteiger partial charge >= 0.3 is 0 Å². The maximum Gasteiger partial charge on any atom is 0.259 e. The predicted molar refractivity (Wildman–Crippen MR) is 88.9 cm³/mol. The molecule has 3 aromatic rings. The van der Waals surface area contributed by atoms with E-state index < -0.39 is 0 Å². The van der Waals surface area contributed by atoms with E-state index in [-0.39, 0.29) is 11.8 Å². The second-order valence-corrected chi connectivity index (χ2v) is 6.47. The minimum absolute atomic E-state index is 0.227. The number of fused-ring (bicyclic) bond motifs is 8. The number of imide groups is 1. The van der Waals surface area contributed by atoms with Crippen molar-refractivity contribution in [1.29, 1.82) is 0 Å². The van der Waals surface area contributed by atoms with E-state index in [2.05, 4.69) is 10.3 Å². The van der Waals surface area contributed by atoms with E-state index in [1.54, 1.807) is 0 Å². The molecule has 2 amide bonds. The molecule has 0 saturated heterocycles. The quantitative estimate of drug-likeness (QED) is 0.493. The molecule has 114 valence electrons. The Morgan fingerprint density at radius 3 is 2.43 bits per heavy atom. The van der Waals surface area contributed by atoms with Crippen LogP contribution in [0.2, 0.25) is 0 Å². The molecule has 2 N–H and O–H groups in total. The number of carbonyl (C=O) groups is 2. The summed E-state index contributed by atoms with van der Waals surface area (Å²) in [6.45, 7) is 0. The van der Waals surface area contributed by atoms with Gasteiger partial charge in [-0.05, 0) is 42.9 Å². The molecule has 2 heterocycles. The third kappa shape index (κ3) is 1.61. The summed E-state index contributed by atoms with van der Waals surface area (Å²) < 4.78 is 0. The number of nitrogens with one attached hydrogen (secondary N) is 2. The van der Waals surface area contributed by atoms with Gasteiger partial charge in [0.2, 0.25) is 0 Å². The standard InChI is InChI=1S/C19H16N2O2/c22-18-15-10-6-2-1-3-7-11(10)17-14(16(15)19(23)21-18)12-8-4-5-9-13(12)20-17/h4-5,8-9,20H,1-3,6-7H2,(H,21,22,23). The van der Waals surface area contributed by atoms with Gasteiger partial charge in [0.15, 0.2) is 0 Å². The van der Waals surface area contributed by atoms with Crippen molar-refractivity contribution in [3.05, 3.63) is 46.5 Å². The number of aryl methyl sites for hydroxylation is 1. The van der Waals surface area contributed by atoms with Crippen LogP contribution in [0.15, 0.2) is 24.3 Å². The Hall–Kier alpha value is -2.62. The summed E-state index contributed by atoms with van der Waals surface area (Å²) in [5, 5.41) is 4.45. The Morgan fingerprint density at radius 2 is 1.57 bits per heavy atom. The summed E-state index contributed by atoms with van der Waals surface area (Å²) in [6, 6.07) is 8.01. The van der Waals surface area contributed by atoms with Gasteiger partial charge in [0.25, 0.3) is 11.8 Å². The van der Waals surface area contributed by atoms with Gasteiger partial charge in [-0.2, -0.15) is 0 Å². The molecule has 0 fully saturated rings. The molecule has 0 bridgehead atoms. The van der Waals surface area contributed by atoms with Crippen LogP contribution in [0, 0.1) is 0 Å². The number of aromatic nitrogens is 1. The van der Waals surface area contributed by atoms with Gasteiger partial charge < -0.3 is 4.98 Å². The van der Waals surface area contributed by atoms with Crippen molar-refractivity contribution < 1.29 is 9.59 Å². The average molecular weight is 304 g/mol. The first-order chi connectivity index (χ1) is 11.3. The molecular weight excluding hydrogens is 288 g/mol. The molecular formula is C19H16N2O2. The van der Waals surface area contributed by atoms with E-state index in [0.717, 1.165) is 53.1 Å². The number of hydrogen-bond donors (Lipinski definition) is 2. The van der Waals surface area contributed by atoms with Crippen LogP contribution in [0.5, 0.6) is 0 Å². The number of rotatable bonds is 0. The summed E-state index contributed by atoms with van der Waals surface area (Å²) in [5.74, 6) is -0.484. The topological polar surface area (TPSA) is 62.0 Å². The normalized spacial score (nSPS) is 17.2. The molecule has 5 rings (SSSR count). The fourth-order valence-electron chi connectivity index (χ4n) is 4.24. The average Bonchev–Trinajstić information content (AvgIpc) is 2.94. The Kier molecular flexibility index (Phi) is 2.49. The van der Waals surface area contributed by atoms with E-state index in [1.807, 2.05) is 24.3 Å². The van der Waals surface area contributed by atoms with Crippen molar-refractivity contribution >= 4 is 33.6 Å². The lowest BCUT2D eigenvalue weighted by Gasteiger charge is -2.12. The van der Waals surface area contributed by atoms with Gasteiger partial charge in [-0.1, -0.05) is 24.6 Å². The van der Waals surface area contributed by atoms with Crippen molar-refractivity contribution in [2.75, 3.05) is 0 Å². The van der Waals surface area contributed by atoms with Gasteiger partial charge in [-0.15, -0.1) is 0 Å². The molecule has 1 aromatic heterocycles. The van der Waals surface area contributed by atoms with Crippen LogP contribution in [0.1, 0.15) is 51.1 Å². The molecule has 4 heteroatoms. The lowest BCUT2D eigenvalue weighted by molar-refractivity contribution is 0.0880. The molecule has 1 aliphatic heterocycles. The molecule has 0 atom stereocenters. The van der Waals surface area contributed by atoms with Crippen molar-refractivity contribution in [1.82, 2.24) is 10.3 Å². The van der Waals surface area contributed by atoms with E-state index in [0.29, 0.717) is 11.1 Å². The summed E-state index contributed by atoms with van der Waals surface area (Å²) in [6.07, 6.45) is 5.22. The molecule has 0 spiro atoms. The first-order valence-electron chi connectivity index (χ1n) is 8.19. The Labute approximate surface area is 132 Å². The van der Waals surface area contributed by atoms with E-state index >= 15 is 0 Å². The molecule has 1 aliphatic carbocycles. The van der Waals surface area contributed by atoms with Crippen molar-refractivity contribution in [3.8, 4) is 0 Å². The second kappa shape index (κ2) is 4.44. The zero-order chi connectivity index (χ0) is 15.6. The molecule has 2 aromatic carbocycles. The Bertz CT molecular complexity index is 1010. The summed E-state index contributed by atoms with van der Waals surface area (Å²) in [4.78, 5) is 28.4. The van der Waals surface area contributed by atoms with Crippen LogP contribution >= 0.6 is 0 Å². The number of carbonyl (C=O) groups excluding carboxylic acids is 2. The first-order valence-corrected chi connectivity index (χ1v) is 8.19. The zero-order valence-electron chi connectivity index (χ0n) is 12.7. The molecule has 0 radical (unpaired) electrons. The third-order valence-corrected chi connectivity index (χ3v) is 5.21. The lowest BCUT2D eigenvalue weighted by atomic mass is 9.90. The highest BCUT2D eigenvalue weighted by molar-refractivity contribution is 6.31. The minimum atomic E-state index is -0.258. The molecule has 23 heavy (non-hydrogen) atoms. The lowest BCUT2D eigenvalue weighted by Crippen LogP contribution is -2.20. The van der Waals surface area contributed by atoms with Gasteiger partial charge in [-0.25, -0.2) is 0 Å². The Morgan fingerprint density at radius 1 is 0.826 bits per heavy atom. The highest BCUT2D eigenvalue weighted by Crippen LogP contribution is 2.39. The maximum atomic E-state index is 12.5. The predicted octanol–water partition coefficient (Wildman–Crippen LogP) is 3.47. The number of amides is 2. The molecule has 4 nitrogen and oxygen atoms in total. The fourth-order valence-corrected chi connectivity index (χ4v) is 4.24. The van der Waals surface area contributed by atoms with Gasteiger partial charge in [0.05, 0.1) is 16.6 Å². The highest BCUT2D eigenvalue weighted by Gasteiger charge is 2.35. The molecule has 2 aliphatic rings. The van der Waals surface area contributed by atoms with Crippen molar-refractivity contribution in [3.63, 3.8) is 0 Å². The summed E-state index contributed by atoms with van der Waals surface area (Å²) in [5.41, 5.74) is 5.59. The van der Waals surface area contributed by atoms with E-state index in [1.165, 1.54) is 12.0 Å². The van der Waals surface area contributed by atoms with Gasteiger partial charge in [0.1, 0.15) is 0 Å². The second-order valence-electron chi connectivity index (χ2n) is 6.47. The SMILES string of the molecule is O=C1NC(=O)c2c1c1c(c3[nH]c4ccccc4c23)CCCCC1. The van der Waals surface area contributed by atoms with Crippen LogP contribution in [0.4, 0.5) is 0 Å². The molecule has 0 unspecified atom stereocenters. The number of para-hydroxylation sites is 1. The van der Waals surface area contributed by atoms with Crippen LogP contribution < -0.4 is 5.32 Å². The first kappa shape index (κ1) is 12.9. The number of benzene rings is 2. The van der Waals surface area contributed by atoms with E-state index in [4.69, 9.17) is 0 Å². The smallest absolute Gasteiger partial charge is 0.259 e. The largest absolute Gasteiger partial charge is 0.354 e. The molecule has 0 saturated carbocycles. The van der Waals surface area contributed by atoms with Gasteiger partial charge in [0, 0.05) is 16.3 Å². The summed E-state index contributed by atoms with van der Waals surface area (Å²) >= 11 is 0. The number of H-pyrrole nitrogens is 1. The number of aromatic amines is 1. The van der Waals surface area contributed by atoms with Crippen LogP contribution in [0.25, 0.3) is 21.8 Å². The van der Waals surface area contributed by atoms with Gasteiger partial charge in [-0.3, -0.25) is 14.9 Å². The maximum absolute atomic E-state index is 12.5. The Balaban J connectivity index is 2.04. The van der Waals surface area contributed by atoms with Crippen LogP contribution in [0.3, 0.4) is 0 Å². The number of hydrogen-bond acceptors (Lipinski definition) is 2. The third-order valence-electron chi connectivity index (χ3n) is 5.21. The fraction of sp³-hybridized carbons (Fsp3) is 0.263.